The van der Waals surface area contributed by atoms with Gasteiger partial charge in [-0.1, -0.05) is 23.7 Å². The van der Waals surface area contributed by atoms with Crippen molar-refractivity contribution in [3.8, 4) is 0 Å². The summed E-state index contributed by atoms with van der Waals surface area (Å²) in [6.07, 6.45) is 4.90. The van der Waals surface area contributed by atoms with Gasteiger partial charge in [-0.15, -0.1) is 0 Å². The van der Waals surface area contributed by atoms with Crippen LogP contribution in [0.25, 0.3) is 0 Å². The number of hydrogen-bond donors (Lipinski definition) is 2. The summed E-state index contributed by atoms with van der Waals surface area (Å²) in [5, 5.41) is 18.6. The average molecular weight is 286 g/mol. The first-order valence-corrected chi connectivity index (χ1v) is 6.48. The molecule has 0 amide bonds. The number of halogens is 1. The molecular formula is C15H12ClN3O. The van der Waals surface area contributed by atoms with E-state index in [9.17, 15) is 5.11 Å². The highest BCUT2D eigenvalue weighted by atomic mass is 35.5. The summed E-state index contributed by atoms with van der Waals surface area (Å²) in [6, 6.07) is 12.4. The molecule has 0 bridgehead atoms. The van der Waals surface area contributed by atoms with Crippen molar-refractivity contribution < 1.29 is 5.11 Å². The molecule has 0 aliphatic heterocycles. The van der Waals surface area contributed by atoms with E-state index >= 15 is 0 Å². The first-order chi connectivity index (χ1) is 9.71. The molecule has 0 aliphatic rings. The molecule has 3 rings (SSSR count). The van der Waals surface area contributed by atoms with E-state index in [0.717, 1.165) is 0 Å². The van der Waals surface area contributed by atoms with Gasteiger partial charge in [-0.2, -0.15) is 5.10 Å². The molecule has 3 aromatic rings. The maximum absolute atomic E-state index is 11.3. The zero-order valence-electron chi connectivity index (χ0n) is 10.5. The Balaban J connectivity index is 2.21. The molecule has 2 aromatic heterocycles. The second kappa shape index (κ2) is 5.07. The molecule has 1 unspecified atom stereocenters. The van der Waals surface area contributed by atoms with Crippen LogP contribution in [-0.2, 0) is 5.60 Å². The smallest absolute Gasteiger partial charge is 0.156 e. The van der Waals surface area contributed by atoms with E-state index in [1.54, 1.807) is 61.1 Å². The van der Waals surface area contributed by atoms with Gasteiger partial charge >= 0.3 is 0 Å². The number of benzene rings is 1. The van der Waals surface area contributed by atoms with Crippen LogP contribution in [0.4, 0.5) is 0 Å². The molecule has 0 spiro atoms. The van der Waals surface area contributed by atoms with E-state index in [1.807, 2.05) is 0 Å². The normalized spacial score (nSPS) is 13.9. The van der Waals surface area contributed by atoms with Gasteiger partial charge in [0.15, 0.2) is 5.60 Å². The molecule has 2 N–H and O–H groups in total. The molecule has 100 valence electrons. The number of rotatable bonds is 3. The van der Waals surface area contributed by atoms with E-state index in [-0.39, 0.29) is 0 Å². The second-order valence-electron chi connectivity index (χ2n) is 4.42. The number of nitrogens with one attached hydrogen (secondary N) is 1. The van der Waals surface area contributed by atoms with Crippen molar-refractivity contribution in [2.75, 3.05) is 0 Å². The van der Waals surface area contributed by atoms with Gasteiger partial charge in [-0.05, 0) is 41.5 Å². The fourth-order valence-electron chi connectivity index (χ4n) is 2.22. The fourth-order valence-corrected chi connectivity index (χ4v) is 2.35. The molecule has 0 saturated heterocycles. The van der Waals surface area contributed by atoms with E-state index < -0.39 is 5.60 Å². The molecule has 4 nitrogen and oxygen atoms in total. The number of nitrogens with zero attached hydrogens (tertiary/aromatic N) is 2. The highest BCUT2D eigenvalue weighted by Gasteiger charge is 2.35. The summed E-state index contributed by atoms with van der Waals surface area (Å²) in [5.74, 6) is 0. The minimum Gasteiger partial charge on any atom is -0.374 e. The molecule has 20 heavy (non-hydrogen) atoms. The Labute approximate surface area is 121 Å². The highest BCUT2D eigenvalue weighted by Crippen LogP contribution is 2.35. The van der Waals surface area contributed by atoms with Gasteiger partial charge in [0, 0.05) is 23.6 Å². The minimum atomic E-state index is -1.32. The summed E-state index contributed by atoms with van der Waals surface area (Å²) >= 11 is 5.92. The van der Waals surface area contributed by atoms with Crippen molar-refractivity contribution >= 4 is 11.6 Å². The number of aromatic nitrogens is 3. The third-order valence-electron chi connectivity index (χ3n) is 3.25. The van der Waals surface area contributed by atoms with Gasteiger partial charge < -0.3 is 5.11 Å². The zero-order valence-corrected chi connectivity index (χ0v) is 11.2. The molecular weight excluding hydrogens is 274 g/mol. The minimum absolute atomic E-state index is 0.589. The molecule has 5 heteroatoms. The topological polar surface area (TPSA) is 61.8 Å². The van der Waals surface area contributed by atoms with Crippen LogP contribution >= 0.6 is 11.6 Å². The van der Waals surface area contributed by atoms with Gasteiger partial charge in [0.05, 0.1) is 5.69 Å². The Morgan fingerprint density at radius 1 is 0.900 bits per heavy atom. The SMILES string of the molecule is OC(c1ccncc1)(c1ccc(Cl)cc1)c1ccn[nH]1. The van der Waals surface area contributed by atoms with E-state index in [2.05, 4.69) is 15.2 Å². The predicted octanol–water partition coefficient (Wildman–Crippen LogP) is 2.74. The first kappa shape index (κ1) is 12.8. The van der Waals surface area contributed by atoms with Crippen LogP contribution in [0.5, 0.6) is 0 Å². The quantitative estimate of drug-likeness (QED) is 0.778. The summed E-state index contributed by atoms with van der Waals surface area (Å²) in [6.45, 7) is 0. The van der Waals surface area contributed by atoms with E-state index in [1.165, 1.54) is 0 Å². The van der Waals surface area contributed by atoms with Gasteiger partial charge in [-0.3, -0.25) is 10.1 Å². The zero-order chi connectivity index (χ0) is 14.0. The maximum Gasteiger partial charge on any atom is 0.156 e. The summed E-state index contributed by atoms with van der Waals surface area (Å²) in [7, 11) is 0. The lowest BCUT2D eigenvalue weighted by Crippen LogP contribution is -2.29. The maximum atomic E-state index is 11.3. The largest absolute Gasteiger partial charge is 0.374 e. The summed E-state index contributed by atoms with van der Waals surface area (Å²) < 4.78 is 0. The second-order valence-corrected chi connectivity index (χ2v) is 4.86. The number of aromatic amines is 1. The molecule has 1 atom stereocenters. The van der Waals surface area contributed by atoms with Crippen LogP contribution in [0.15, 0.2) is 61.1 Å². The average Bonchev–Trinajstić information content (AvgIpc) is 3.03. The molecule has 2 heterocycles. The molecule has 0 aliphatic carbocycles. The van der Waals surface area contributed by atoms with Gasteiger partial charge in [0.2, 0.25) is 0 Å². The summed E-state index contributed by atoms with van der Waals surface area (Å²) in [5.41, 5.74) is 0.687. The fraction of sp³-hybridized carbons (Fsp3) is 0.0667. The third-order valence-corrected chi connectivity index (χ3v) is 3.50. The Bertz CT molecular complexity index is 683. The van der Waals surface area contributed by atoms with Crippen LogP contribution in [0.1, 0.15) is 16.8 Å². The van der Waals surface area contributed by atoms with Crippen LogP contribution in [0.2, 0.25) is 5.02 Å². The Kier molecular flexibility index (Phi) is 3.26. The highest BCUT2D eigenvalue weighted by molar-refractivity contribution is 6.30. The van der Waals surface area contributed by atoms with Gasteiger partial charge in [0.1, 0.15) is 0 Å². The van der Waals surface area contributed by atoms with Crippen LogP contribution in [0.3, 0.4) is 0 Å². The lowest BCUT2D eigenvalue weighted by atomic mass is 9.84. The van der Waals surface area contributed by atoms with Gasteiger partial charge in [-0.25, -0.2) is 0 Å². The summed E-state index contributed by atoms with van der Waals surface area (Å²) in [4.78, 5) is 3.99. The first-order valence-electron chi connectivity index (χ1n) is 6.10. The molecule has 0 fully saturated rings. The van der Waals surface area contributed by atoms with E-state index in [4.69, 9.17) is 11.6 Å². The lowest BCUT2D eigenvalue weighted by Gasteiger charge is -2.28. The number of pyridine rings is 1. The van der Waals surface area contributed by atoms with Crippen molar-refractivity contribution in [1.29, 1.82) is 0 Å². The van der Waals surface area contributed by atoms with Crippen LogP contribution in [-0.4, -0.2) is 20.3 Å². The predicted molar refractivity (Wildman–Crippen MR) is 76.4 cm³/mol. The number of hydrogen-bond acceptors (Lipinski definition) is 3. The lowest BCUT2D eigenvalue weighted by molar-refractivity contribution is 0.120. The van der Waals surface area contributed by atoms with E-state index in [0.29, 0.717) is 21.8 Å². The monoisotopic (exact) mass is 285 g/mol. The molecule has 1 aromatic carbocycles. The third kappa shape index (κ3) is 2.09. The molecule has 0 radical (unpaired) electrons. The Morgan fingerprint density at radius 3 is 2.15 bits per heavy atom. The van der Waals surface area contributed by atoms with Gasteiger partial charge in [0.25, 0.3) is 0 Å². The van der Waals surface area contributed by atoms with Crippen molar-refractivity contribution in [3.05, 3.63) is 82.9 Å². The Hall–Kier alpha value is -2.17. The van der Waals surface area contributed by atoms with Crippen LogP contribution in [0, 0.1) is 0 Å². The number of H-pyrrole nitrogens is 1. The standard InChI is InChI=1S/C15H12ClN3O/c16-13-3-1-11(2-4-13)15(20,14-7-10-18-19-14)12-5-8-17-9-6-12/h1-10,20H,(H,18,19). The van der Waals surface area contributed by atoms with Crippen molar-refractivity contribution in [1.82, 2.24) is 15.2 Å². The van der Waals surface area contributed by atoms with Crippen LogP contribution < -0.4 is 0 Å². The molecule has 0 saturated carbocycles. The van der Waals surface area contributed by atoms with Crippen molar-refractivity contribution in [2.24, 2.45) is 0 Å². The van der Waals surface area contributed by atoms with Crippen molar-refractivity contribution in [2.45, 2.75) is 5.60 Å². The Morgan fingerprint density at radius 2 is 1.55 bits per heavy atom. The number of aliphatic hydroxyl groups is 1. The van der Waals surface area contributed by atoms with Crippen molar-refractivity contribution in [3.63, 3.8) is 0 Å².